The van der Waals surface area contributed by atoms with Crippen LogP contribution in [0.15, 0.2) is 35.2 Å². The van der Waals surface area contributed by atoms with Crippen LogP contribution >= 0.6 is 23.2 Å². The maximum absolute atomic E-state index is 12.6. The molecule has 0 fully saturated rings. The van der Waals surface area contributed by atoms with Gasteiger partial charge in [-0.15, -0.1) is 0 Å². The van der Waals surface area contributed by atoms with Crippen LogP contribution in [0.2, 0.25) is 10.0 Å². The molecule has 22 heavy (non-hydrogen) atoms. The summed E-state index contributed by atoms with van der Waals surface area (Å²) in [6.45, 7) is 3.44. The van der Waals surface area contributed by atoms with Gasteiger partial charge in [-0.2, -0.15) is 0 Å². The topological polar surface area (TPSA) is 55.4 Å². The van der Waals surface area contributed by atoms with Gasteiger partial charge >= 0.3 is 0 Å². The second-order valence-corrected chi connectivity index (χ2v) is 7.31. The van der Waals surface area contributed by atoms with E-state index in [4.69, 9.17) is 27.9 Å². The van der Waals surface area contributed by atoms with Crippen molar-refractivity contribution >= 4 is 38.9 Å². The molecule has 0 heterocycles. The third-order valence-corrected chi connectivity index (χ3v) is 5.30. The van der Waals surface area contributed by atoms with Crippen LogP contribution in [-0.2, 0) is 10.0 Å². The molecule has 0 aliphatic rings. The van der Waals surface area contributed by atoms with Crippen LogP contribution in [-0.4, -0.2) is 15.5 Å². The zero-order valence-corrected chi connectivity index (χ0v) is 14.6. The molecule has 2 rings (SSSR count). The lowest BCUT2D eigenvalue weighted by Gasteiger charge is -2.14. The number of methoxy groups -OCH3 is 1. The molecule has 0 aromatic heterocycles. The van der Waals surface area contributed by atoms with Crippen molar-refractivity contribution in [2.24, 2.45) is 0 Å². The standard InChI is InChI=1S/C15H15Cl2NO3S/c1-9-7-15(10(2)6-12(9)17)22(19,20)18-13-8-11(16)4-5-14(13)21-3/h4-8,18H,1-3H3. The van der Waals surface area contributed by atoms with Gasteiger partial charge < -0.3 is 4.74 Å². The van der Waals surface area contributed by atoms with E-state index in [0.29, 0.717) is 26.9 Å². The van der Waals surface area contributed by atoms with Gasteiger partial charge in [-0.1, -0.05) is 23.2 Å². The highest BCUT2D eigenvalue weighted by molar-refractivity contribution is 7.92. The van der Waals surface area contributed by atoms with Gasteiger partial charge in [-0.3, -0.25) is 4.72 Å². The number of nitrogens with one attached hydrogen (secondary N) is 1. The molecule has 0 unspecified atom stereocenters. The second kappa shape index (κ2) is 6.36. The van der Waals surface area contributed by atoms with Gasteiger partial charge in [0.1, 0.15) is 5.75 Å². The Morgan fingerprint density at radius 3 is 2.36 bits per heavy atom. The first-order chi connectivity index (χ1) is 10.2. The lowest BCUT2D eigenvalue weighted by atomic mass is 10.2. The van der Waals surface area contributed by atoms with E-state index in [9.17, 15) is 8.42 Å². The molecule has 0 aliphatic carbocycles. The molecule has 0 atom stereocenters. The van der Waals surface area contributed by atoms with Crippen LogP contribution in [0.1, 0.15) is 11.1 Å². The first-order valence-corrected chi connectivity index (χ1v) is 8.61. The van der Waals surface area contributed by atoms with E-state index in [1.54, 1.807) is 32.0 Å². The average molecular weight is 360 g/mol. The van der Waals surface area contributed by atoms with Crippen molar-refractivity contribution in [1.29, 1.82) is 0 Å². The predicted molar refractivity (Wildman–Crippen MR) is 89.7 cm³/mol. The SMILES string of the molecule is COc1ccc(Cl)cc1NS(=O)(=O)c1cc(C)c(Cl)cc1C. The van der Waals surface area contributed by atoms with Crippen LogP contribution in [0.4, 0.5) is 5.69 Å². The normalized spacial score (nSPS) is 11.3. The lowest BCUT2D eigenvalue weighted by Crippen LogP contribution is -2.15. The molecule has 7 heteroatoms. The fourth-order valence-electron chi connectivity index (χ4n) is 2.00. The largest absolute Gasteiger partial charge is 0.495 e. The monoisotopic (exact) mass is 359 g/mol. The molecule has 2 aromatic rings. The first kappa shape index (κ1) is 16.9. The van der Waals surface area contributed by atoms with Crippen LogP contribution < -0.4 is 9.46 Å². The molecule has 2 aromatic carbocycles. The Bertz CT molecular complexity index is 820. The van der Waals surface area contributed by atoms with Crippen molar-refractivity contribution in [3.05, 3.63) is 51.5 Å². The zero-order chi connectivity index (χ0) is 16.5. The van der Waals surface area contributed by atoms with E-state index >= 15 is 0 Å². The first-order valence-electron chi connectivity index (χ1n) is 6.37. The fourth-order valence-corrected chi connectivity index (χ4v) is 3.77. The zero-order valence-electron chi connectivity index (χ0n) is 12.3. The molecule has 0 amide bonds. The number of anilines is 1. The minimum atomic E-state index is -3.78. The maximum Gasteiger partial charge on any atom is 0.262 e. The summed E-state index contributed by atoms with van der Waals surface area (Å²) in [5.41, 5.74) is 1.52. The molecular formula is C15H15Cl2NO3S. The third kappa shape index (κ3) is 3.48. The molecule has 0 bridgehead atoms. The Hall–Kier alpha value is -1.43. The summed E-state index contributed by atoms with van der Waals surface area (Å²) in [6.07, 6.45) is 0. The second-order valence-electron chi connectivity index (χ2n) is 4.82. The van der Waals surface area contributed by atoms with Gasteiger partial charge in [0.05, 0.1) is 17.7 Å². The van der Waals surface area contributed by atoms with E-state index in [2.05, 4.69) is 4.72 Å². The van der Waals surface area contributed by atoms with Gasteiger partial charge in [-0.25, -0.2) is 8.42 Å². The molecule has 0 aliphatic heterocycles. The van der Waals surface area contributed by atoms with Gasteiger partial charge in [0.25, 0.3) is 10.0 Å². The van der Waals surface area contributed by atoms with E-state index in [0.717, 1.165) is 0 Å². The van der Waals surface area contributed by atoms with Crippen LogP contribution in [0.5, 0.6) is 5.75 Å². The third-order valence-electron chi connectivity index (χ3n) is 3.15. The summed E-state index contributed by atoms with van der Waals surface area (Å²) in [6, 6.07) is 7.88. The molecule has 0 spiro atoms. The van der Waals surface area contributed by atoms with E-state index in [1.165, 1.54) is 19.2 Å². The number of sulfonamides is 1. The van der Waals surface area contributed by atoms with Crippen molar-refractivity contribution < 1.29 is 13.2 Å². The van der Waals surface area contributed by atoms with E-state index < -0.39 is 10.0 Å². The summed E-state index contributed by atoms with van der Waals surface area (Å²) in [4.78, 5) is 0.163. The Morgan fingerprint density at radius 1 is 1.05 bits per heavy atom. The quantitative estimate of drug-likeness (QED) is 0.878. The average Bonchev–Trinajstić information content (AvgIpc) is 2.42. The van der Waals surface area contributed by atoms with Gasteiger partial charge in [0.15, 0.2) is 0 Å². The smallest absolute Gasteiger partial charge is 0.262 e. The summed E-state index contributed by atoms with van der Waals surface area (Å²) in [7, 11) is -2.32. The van der Waals surface area contributed by atoms with Gasteiger partial charge in [0, 0.05) is 10.0 Å². The molecule has 4 nitrogen and oxygen atoms in total. The Kier molecular flexibility index (Phi) is 4.90. The Labute approximate surface area is 140 Å². The number of hydrogen-bond donors (Lipinski definition) is 1. The van der Waals surface area contributed by atoms with Gasteiger partial charge in [-0.05, 0) is 55.3 Å². The van der Waals surface area contributed by atoms with Crippen LogP contribution in [0, 0.1) is 13.8 Å². The maximum atomic E-state index is 12.6. The molecular weight excluding hydrogens is 345 g/mol. The molecule has 1 N–H and O–H groups in total. The Balaban J connectivity index is 2.49. The molecule has 118 valence electrons. The number of hydrogen-bond acceptors (Lipinski definition) is 3. The molecule has 0 saturated heterocycles. The summed E-state index contributed by atoms with van der Waals surface area (Å²) >= 11 is 11.9. The van der Waals surface area contributed by atoms with Crippen LogP contribution in [0.3, 0.4) is 0 Å². The number of rotatable bonds is 4. The van der Waals surface area contributed by atoms with E-state index in [-0.39, 0.29) is 10.6 Å². The number of benzene rings is 2. The van der Waals surface area contributed by atoms with Crippen molar-refractivity contribution in [2.75, 3.05) is 11.8 Å². The summed E-state index contributed by atoms with van der Waals surface area (Å²) < 4.78 is 32.9. The van der Waals surface area contributed by atoms with Crippen molar-refractivity contribution in [1.82, 2.24) is 0 Å². The number of aryl methyl sites for hydroxylation is 2. The molecule has 0 saturated carbocycles. The van der Waals surface area contributed by atoms with Crippen LogP contribution in [0.25, 0.3) is 0 Å². The van der Waals surface area contributed by atoms with E-state index in [1.807, 2.05) is 0 Å². The minimum absolute atomic E-state index is 0.163. The molecule has 0 radical (unpaired) electrons. The highest BCUT2D eigenvalue weighted by Crippen LogP contribution is 2.31. The lowest BCUT2D eigenvalue weighted by molar-refractivity contribution is 0.417. The van der Waals surface area contributed by atoms with Crippen molar-refractivity contribution in [2.45, 2.75) is 18.7 Å². The summed E-state index contributed by atoms with van der Waals surface area (Å²) in [5, 5.41) is 0.930. The highest BCUT2D eigenvalue weighted by atomic mass is 35.5. The Morgan fingerprint density at radius 2 is 1.73 bits per heavy atom. The number of ether oxygens (including phenoxy) is 1. The fraction of sp³-hybridized carbons (Fsp3) is 0.200. The predicted octanol–water partition coefficient (Wildman–Crippen LogP) is 4.42. The minimum Gasteiger partial charge on any atom is -0.495 e. The highest BCUT2D eigenvalue weighted by Gasteiger charge is 2.20. The van der Waals surface area contributed by atoms with Crippen molar-refractivity contribution in [3.63, 3.8) is 0 Å². The number of halogens is 2. The van der Waals surface area contributed by atoms with Gasteiger partial charge in [0.2, 0.25) is 0 Å². The summed E-state index contributed by atoms with van der Waals surface area (Å²) in [5.74, 6) is 0.385. The van der Waals surface area contributed by atoms with Crippen molar-refractivity contribution in [3.8, 4) is 5.75 Å².